The number of halogens is 1. The molecule has 0 aromatic carbocycles. The van der Waals surface area contributed by atoms with E-state index in [0.717, 1.165) is 43.7 Å². The molecule has 0 radical (unpaired) electrons. The third-order valence-corrected chi connectivity index (χ3v) is 5.32. The topological polar surface area (TPSA) is 38.2 Å². The highest BCUT2D eigenvalue weighted by Crippen LogP contribution is 2.28. The minimum atomic E-state index is 0.608. The van der Waals surface area contributed by atoms with Crippen LogP contribution in [0, 0.1) is 0 Å². The second kappa shape index (κ2) is 6.76. The lowest BCUT2D eigenvalue weighted by Gasteiger charge is -2.28. The molecule has 1 fully saturated rings. The van der Waals surface area contributed by atoms with E-state index < -0.39 is 0 Å². The summed E-state index contributed by atoms with van der Waals surface area (Å²) < 4.78 is 6.63. The van der Waals surface area contributed by atoms with Crippen molar-refractivity contribution >= 4 is 40.5 Å². The predicted molar refractivity (Wildman–Crippen MR) is 84.0 cm³/mol. The van der Waals surface area contributed by atoms with Crippen LogP contribution in [0.3, 0.4) is 0 Å². The molecule has 0 N–H and O–H groups in total. The Kier molecular flexibility index (Phi) is 4.77. The minimum absolute atomic E-state index is 0.608. The molecule has 0 spiro atoms. The van der Waals surface area contributed by atoms with Crippen molar-refractivity contribution < 1.29 is 4.74 Å². The summed E-state index contributed by atoms with van der Waals surface area (Å²) in [6, 6.07) is 4.16. The van der Waals surface area contributed by atoms with Crippen molar-refractivity contribution in [3.05, 3.63) is 34.6 Å². The van der Waals surface area contributed by atoms with E-state index in [2.05, 4.69) is 32.4 Å². The molecule has 2 aromatic heterocycles. The molecule has 2 aromatic rings. The highest BCUT2D eigenvalue weighted by Gasteiger charge is 2.16. The van der Waals surface area contributed by atoms with Crippen LogP contribution in [0.4, 0.5) is 5.82 Å². The largest absolute Gasteiger partial charge is 0.378 e. The number of anilines is 1. The van der Waals surface area contributed by atoms with E-state index in [4.69, 9.17) is 16.3 Å². The molecule has 1 aliphatic heterocycles. The van der Waals surface area contributed by atoms with Crippen LogP contribution in [0.2, 0.25) is 5.02 Å². The second-order valence-electron chi connectivity index (χ2n) is 4.28. The van der Waals surface area contributed by atoms with Crippen LogP contribution >= 0.6 is 34.7 Å². The van der Waals surface area contributed by atoms with Crippen LogP contribution in [0.15, 0.2) is 27.9 Å². The minimum Gasteiger partial charge on any atom is -0.378 e. The van der Waals surface area contributed by atoms with E-state index >= 15 is 0 Å². The Morgan fingerprint density at radius 3 is 3.00 bits per heavy atom. The van der Waals surface area contributed by atoms with Crippen molar-refractivity contribution in [2.45, 2.75) is 9.96 Å². The molecule has 1 aliphatic rings. The molecule has 0 unspecified atom stereocenters. The molecular formula is C13H14ClN3OS2. The summed E-state index contributed by atoms with van der Waals surface area (Å²) in [6.45, 7) is 3.10. The van der Waals surface area contributed by atoms with Crippen LogP contribution in [-0.2, 0) is 10.5 Å². The molecule has 7 heteroatoms. The summed E-state index contributed by atoms with van der Waals surface area (Å²) >= 11 is 9.70. The van der Waals surface area contributed by atoms with Crippen LogP contribution < -0.4 is 4.90 Å². The van der Waals surface area contributed by atoms with Gasteiger partial charge in [-0.1, -0.05) is 17.7 Å². The number of thioether (sulfide) groups is 1. The van der Waals surface area contributed by atoms with Gasteiger partial charge in [0, 0.05) is 13.1 Å². The monoisotopic (exact) mass is 327 g/mol. The van der Waals surface area contributed by atoms with E-state index in [1.807, 2.05) is 0 Å². The summed E-state index contributed by atoms with van der Waals surface area (Å²) in [5, 5.41) is 2.68. The van der Waals surface area contributed by atoms with Crippen LogP contribution in [0.25, 0.3) is 0 Å². The fourth-order valence-electron chi connectivity index (χ4n) is 1.94. The zero-order valence-electron chi connectivity index (χ0n) is 10.8. The molecule has 3 rings (SSSR count). The van der Waals surface area contributed by atoms with Crippen molar-refractivity contribution in [2.75, 3.05) is 31.2 Å². The SMILES string of the molecule is Clc1cnc(CSc2cccs2)nc1N1CCOCC1. The number of hydrogen-bond acceptors (Lipinski definition) is 6. The average molecular weight is 328 g/mol. The Morgan fingerprint density at radius 1 is 1.40 bits per heavy atom. The normalized spacial score (nSPS) is 15.6. The molecule has 0 bridgehead atoms. The molecule has 0 aliphatic carbocycles. The fraction of sp³-hybridized carbons (Fsp3) is 0.385. The first-order valence-electron chi connectivity index (χ1n) is 6.33. The van der Waals surface area contributed by atoms with Crippen molar-refractivity contribution in [1.82, 2.24) is 9.97 Å². The first-order valence-corrected chi connectivity index (χ1v) is 8.57. The van der Waals surface area contributed by atoms with E-state index in [0.29, 0.717) is 5.02 Å². The number of hydrogen-bond donors (Lipinski definition) is 0. The number of morpholine rings is 1. The number of aromatic nitrogens is 2. The van der Waals surface area contributed by atoms with Gasteiger partial charge in [-0.2, -0.15) is 0 Å². The van der Waals surface area contributed by atoms with Gasteiger partial charge < -0.3 is 9.64 Å². The highest BCUT2D eigenvalue weighted by atomic mass is 35.5. The van der Waals surface area contributed by atoms with Gasteiger partial charge >= 0.3 is 0 Å². The highest BCUT2D eigenvalue weighted by molar-refractivity contribution is 8.00. The van der Waals surface area contributed by atoms with Crippen LogP contribution in [-0.4, -0.2) is 36.3 Å². The molecular weight excluding hydrogens is 314 g/mol. The van der Waals surface area contributed by atoms with Crippen LogP contribution in [0.5, 0.6) is 0 Å². The van der Waals surface area contributed by atoms with E-state index in [-0.39, 0.29) is 0 Å². The van der Waals surface area contributed by atoms with Gasteiger partial charge in [0.1, 0.15) is 10.8 Å². The quantitative estimate of drug-likeness (QED) is 0.805. The van der Waals surface area contributed by atoms with E-state index in [9.17, 15) is 0 Å². The molecule has 4 nitrogen and oxygen atoms in total. The van der Waals surface area contributed by atoms with Gasteiger partial charge in [-0.15, -0.1) is 23.1 Å². The Balaban J connectivity index is 1.72. The Labute approximate surface area is 131 Å². The number of rotatable bonds is 4. The Bertz CT molecular complexity index is 559. The average Bonchev–Trinajstić information content (AvgIpc) is 3.01. The van der Waals surface area contributed by atoms with Gasteiger partial charge in [0.15, 0.2) is 5.82 Å². The van der Waals surface area contributed by atoms with E-state index in [1.165, 1.54) is 4.21 Å². The van der Waals surface area contributed by atoms with Crippen molar-refractivity contribution in [3.63, 3.8) is 0 Å². The summed E-state index contributed by atoms with van der Waals surface area (Å²) in [5.41, 5.74) is 0. The number of thiophene rings is 1. The van der Waals surface area contributed by atoms with Crippen molar-refractivity contribution in [3.8, 4) is 0 Å². The maximum absolute atomic E-state index is 6.22. The Hall–Kier alpha value is -0.820. The van der Waals surface area contributed by atoms with Gasteiger partial charge in [-0.25, -0.2) is 9.97 Å². The van der Waals surface area contributed by atoms with Crippen LogP contribution in [0.1, 0.15) is 5.82 Å². The lowest BCUT2D eigenvalue weighted by atomic mass is 10.4. The smallest absolute Gasteiger partial charge is 0.151 e. The van der Waals surface area contributed by atoms with Crippen molar-refractivity contribution in [2.24, 2.45) is 0 Å². The maximum atomic E-state index is 6.22. The predicted octanol–water partition coefficient (Wildman–Crippen LogP) is 3.32. The first kappa shape index (κ1) is 14.1. The van der Waals surface area contributed by atoms with Gasteiger partial charge in [0.25, 0.3) is 0 Å². The van der Waals surface area contributed by atoms with E-state index in [1.54, 1.807) is 29.3 Å². The number of nitrogens with zero attached hydrogens (tertiary/aromatic N) is 3. The lowest BCUT2D eigenvalue weighted by molar-refractivity contribution is 0.122. The van der Waals surface area contributed by atoms with Gasteiger partial charge in [-0.05, 0) is 11.4 Å². The van der Waals surface area contributed by atoms with Crippen molar-refractivity contribution in [1.29, 1.82) is 0 Å². The standard InChI is InChI=1S/C13H14ClN3OS2/c14-10-8-15-11(9-20-12-2-1-7-19-12)16-13(10)17-3-5-18-6-4-17/h1-2,7-8H,3-6,9H2. The third kappa shape index (κ3) is 3.44. The summed E-state index contributed by atoms with van der Waals surface area (Å²) in [7, 11) is 0. The molecule has 106 valence electrons. The molecule has 0 amide bonds. The molecule has 0 saturated carbocycles. The molecule has 3 heterocycles. The zero-order valence-corrected chi connectivity index (χ0v) is 13.2. The molecule has 0 atom stereocenters. The van der Waals surface area contributed by atoms with Gasteiger partial charge in [-0.3, -0.25) is 0 Å². The number of ether oxygens (including phenoxy) is 1. The third-order valence-electron chi connectivity index (χ3n) is 2.92. The fourth-order valence-corrected chi connectivity index (χ4v) is 3.80. The summed E-state index contributed by atoms with van der Waals surface area (Å²) in [4.78, 5) is 11.1. The van der Waals surface area contributed by atoms with Gasteiger partial charge in [0.2, 0.25) is 0 Å². The Morgan fingerprint density at radius 2 is 2.25 bits per heavy atom. The molecule has 20 heavy (non-hydrogen) atoms. The maximum Gasteiger partial charge on any atom is 0.151 e. The summed E-state index contributed by atoms with van der Waals surface area (Å²) in [6.07, 6.45) is 1.70. The lowest BCUT2D eigenvalue weighted by Crippen LogP contribution is -2.37. The zero-order chi connectivity index (χ0) is 13.8. The first-order chi connectivity index (χ1) is 9.83. The summed E-state index contributed by atoms with van der Waals surface area (Å²) in [5.74, 6) is 2.40. The second-order valence-corrected chi connectivity index (χ2v) is 6.91. The van der Waals surface area contributed by atoms with Gasteiger partial charge in [0.05, 0.1) is 29.4 Å². The molecule has 1 saturated heterocycles.